The van der Waals surface area contributed by atoms with E-state index in [4.69, 9.17) is 5.11 Å². The van der Waals surface area contributed by atoms with Gasteiger partial charge in [0, 0.05) is 0 Å². The predicted molar refractivity (Wildman–Crippen MR) is 32.3 cm³/mol. The Morgan fingerprint density at radius 1 is 1.75 bits per heavy atom. The first-order chi connectivity index (χ1) is 3.80. The van der Waals surface area contributed by atoms with Gasteiger partial charge in [0.25, 0.3) is 0 Å². The first kappa shape index (κ1) is 6.20. The first-order valence-corrected chi connectivity index (χ1v) is 8.58. The first-order valence-electron chi connectivity index (χ1n) is 2.70. The molecule has 0 atom stereocenters. The van der Waals surface area contributed by atoms with Crippen LogP contribution in [0.4, 0.5) is 4.79 Å². The third-order valence-electron chi connectivity index (χ3n) is 1.33. The van der Waals surface area contributed by atoms with Crippen molar-refractivity contribution in [2.75, 3.05) is 0 Å². The van der Waals surface area contributed by atoms with Crippen LogP contribution in [-0.2, 0) is 0 Å². The summed E-state index contributed by atoms with van der Waals surface area (Å²) in [5.41, 5.74) is 0. The zero-order valence-electron chi connectivity index (χ0n) is 4.50. The van der Waals surface area contributed by atoms with Gasteiger partial charge < -0.3 is 0 Å². The topological polar surface area (TPSA) is 37.3 Å². The normalized spacial score (nSPS) is 17.2. The van der Waals surface area contributed by atoms with Crippen molar-refractivity contribution in [1.82, 2.24) is 0 Å². The molecule has 8 heavy (non-hydrogen) atoms. The van der Waals surface area contributed by atoms with E-state index in [1.54, 1.807) is 0 Å². The van der Waals surface area contributed by atoms with E-state index < -0.39 is 25.2 Å². The summed E-state index contributed by atoms with van der Waals surface area (Å²) in [7, 11) is 0. The number of carboxylic acid groups (broad SMARTS) is 1. The summed E-state index contributed by atoms with van der Waals surface area (Å²) in [6.07, 6.45) is 3.03. The molecule has 1 heterocycles. The molecular weight excluding hydrogens is 207 g/mol. The molecule has 0 aromatic heterocycles. The Hall–Kier alpha value is 0.0801. The minimum absolute atomic E-state index is 0.486. The number of allylic oxidation sites excluding steroid dienone is 1. The quantitative estimate of drug-likeness (QED) is 0.712. The summed E-state index contributed by atoms with van der Waals surface area (Å²) in [6.45, 7) is 0. The molecule has 0 radical (unpaired) electrons. The molecule has 0 fully saturated rings. The third-order valence-corrected chi connectivity index (χ3v) is 7.97. The van der Waals surface area contributed by atoms with Crippen molar-refractivity contribution >= 4 is 25.2 Å². The molecule has 1 rings (SSSR count). The van der Waals surface area contributed by atoms with Gasteiger partial charge in [-0.05, 0) is 0 Å². The number of hydrogen-bond acceptors (Lipinski definition) is 1. The standard InChI is InChI=1S/C4H6.CHO2.In/c1-3-4-2;2-1-3;/h1,3H,2,4H2;(H,2,3);. The van der Waals surface area contributed by atoms with Gasteiger partial charge in [-0.25, -0.2) is 0 Å². The molecule has 0 aromatic carbocycles. The summed E-state index contributed by atoms with van der Waals surface area (Å²) in [6, 6.07) is 0. The van der Waals surface area contributed by atoms with Crippen LogP contribution >= 0.6 is 0 Å². The Morgan fingerprint density at radius 3 is 2.75 bits per heavy atom. The molecule has 0 amide bonds. The Labute approximate surface area is 55.7 Å². The van der Waals surface area contributed by atoms with Crippen LogP contribution in [0.5, 0.6) is 0 Å². The predicted octanol–water partition coefficient (Wildman–Crippen LogP) is 1.24. The van der Waals surface area contributed by atoms with Gasteiger partial charge in [-0.15, -0.1) is 0 Å². The van der Waals surface area contributed by atoms with Gasteiger partial charge in [0.05, 0.1) is 0 Å². The Balaban J connectivity index is 2.48. The molecule has 42 valence electrons. The van der Waals surface area contributed by atoms with Crippen molar-refractivity contribution < 1.29 is 9.90 Å². The summed E-state index contributed by atoms with van der Waals surface area (Å²) in [5, 5.41) is 8.46. The van der Waals surface area contributed by atoms with Crippen molar-refractivity contribution in [2.24, 2.45) is 0 Å². The molecule has 0 bridgehead atoms. The fourth-order valence-corrected chi connectivity index (χ4v) is 5.62. The summed E-state index contributed by atoms with van der Waals surface area (Å²) in [4.78, 5) is 10.2. The van der Waals surface area contributed by atoms with E-state index in [1.165, 1.54) is 0 Å². The van der Waals surface area contributed by atoms with Gasteiger partial charge in [0.2, 0.25) is 0 Å². The monoisotopic (exact) mass is 214 g/mol. The molecule has 0 saturated carbocycles. The maximum atomic E-state index is 10.2. The van der Waals surface area contributed by atoms with E-state index in [0.29, 0.717) is 0 Å². The van der Waals surface area contributed by atoms with Gasteiger partial charge in [-0.1, -0.05) is 0 Å². The van der Waals surface area contributed by atoms with E-state index in [1.807, 2.05) is 9.91 Å². The number of carbonyl (C=O) groups is 1. The van der Waals surface area contributed by atoms with E-state index in [0.717, 1.165) is 10.6 Å². The second-order valence-electron chi connectivity index (χ2n) is 1.95. The molecule has 3 heteroatoms. The van der Waals surface area contributed by atoms with Crippen LogP contribution in [0.2, 0.25) is 4.18 Å². The molecule has 0 aromatic rings. The van der Waals surface area contributed by atoms with E-state index >= 15 is 0 Å². The molecular formula is C5H7InO2. The Kier molecular flexibility index (Phi) is 2.00. The van der Waals surface area contributed by atoms with Gasteiger partial charge in [0.15, 0.2) is 0 Å². The van der Waals surface area contributed by atoms with Crippen LogP contribution in [0.25, 0.3) is 0 Å². The molecule has 0 aliphatic carbocycles. The summed E-state index contributed by atoms with van der Waals surface area (Å²) >= 11 is -2.04. The van der Waals surface area contributed by atoms with Crippen LogP contribution in [0.15, 0.2) is 9.91 Å². The minimum atomic E-state index is -2.04. The second kappa shape index (κ2) is 2.58. The van der Waals surface area contributed by atoms with Crippen molar-refractivity contribution in [3.05, 3.63) is 9.91 Å². The van der Waals surface area contributed by atoms with Crippen molar-refractivity contribution in [2.45, 2.75) is 10.6 Å². The average Bonchev–Trinajstić information content (AvgIpc) is 2.12. The van der Waals surface area contributed by atoms with E-state index in [-0.39, 0.29) is 0 Å². The molecule has 1 N–H and O–H groups in total. The second-order valence-corrected chi connectivity index (χ2v) is 9.57. The van der Waals surface area contributed by atoms with Gasteiger partial charge in [-0.2, -0.15) is 0 Å². The SMILES string of the molecule is O=[C](O)[In]1[CH]=CC[CH2]1. The number of rotatable bonds is 1. The summed E-state index contributed by atoms with van der Waals surface area (Å²) in [5.74, 6) is 0. The van der Waals surface area contributed by atoms with E-state index in [2.05, 4.69) is 0 Å². The molecule has 0 saturated heterocycles. The van der Waals surface area contributed by atoms with Crippen LogP contribution < -0.4 is 0 Å². The maximum absolute atomic E-state index is 10.2. The van der Waals surface area contributed by atoms with Crippen LogP contribution in [0, 0.1) is 0 Å². The molecule has 1 aliphatic heterocycles. The third kappa shape index (κ3) is 1.28. The fraction of sp³-hybridized carbons (Fsp3) is 0.400. The van der Waals surface area contributed by atoms with Gasteiger partial charge in [-0.3, -0.25) is 0 Å². The zero-order valence-corrected chi connectivity index (χ0v) is 7.80. The average molecular weight is 214 g/mol. The fourth-order valence-electron chi connectivity index (χ4n) is 0.838. The molecule has 1 aliphatic rings. The molecule has 0 unspecified atom stereocenters. The van der Waals surface area contributed by atoms with Crippen molar-refractivity contribution in [1.29, 1.82) is 0 Å². The molecule has 0 spiro atoms. The Bertz CT molecular complexity index is 130. The Morgan fingerprint density at radius 2 is 2.50 bits per heavy atom. The van der Waals surface area contributed by atoms with Gasteiger partial charge >= 0.3 is 55.6 Å². The summed E-state index contributed by atoms with van der Waals surface area (Å²) < 4.78 is 2.47. The van der Waals surface area contributed by atoms with Crippen molar-refractivity contribution in [3.63, 3.8) is 0 Å². The number of hydrogen-bond donors (Lipinski definition) is 1. The zero-order chi connectivity index (χ0) is 5.98. The van der Waals surface area contributed by atoms with Crippen LogP contribution in [-0.4, -0.2) is 30.3 Å². The van der Waals surface area contributed by atoms with Gasteiger partial charge in [0.1, 0.15) is 0 Å². The molecule has 2 nitrogen and oxygen atoms in total. The van der Waals surface area contributed by atoms with Crippen LogP contribution in [0.3, 0.4) is 0 Å². The van der Waals surface area contributed by atoms with Crippen LogP contribution in [0.1, 0.15) is 6.42 Å². The van der Waals surface area contributed by atoms with Crippen molar-refractivity contribution in [3.8, 4) is 0 Å². The van der Waals surface area contributed by atoms with E-state index in [9.17, 15) is 4.79 Å².